The monoisotopic (exact) mass is 279 g/mol. The Balaban J connectivity index is 1.69. The Hall–Kier alpha value is -1.60. The van der Waals surface area contributed by atoms with Crippen molar-refractivity contribution < 1.29 is 0 Å². The van der Waals surface area contributed by atoms with Gasteiger partial charge in [-0.05, 0) is 49.3 Å². The lowest BCUT2D eigenvalue weighted by Gasteiger charge is -2.30. The third kappa shape index (κ3) is 3.36. The first-order chi connectivity index (χ1) is 10.3. The van der Waals surface area contributed by atoms with Crippen LogP contribution in [0.1, 0.15) is 48.1 Å². The molecule has 3 rings (SSSR count). The van der Waals surface area contributed by atoms with Crippen LogP contribution in [0.25, 0.3) is 0 Å². The van der Waals surface area contributed by atoms with Gasteiger partial charge in [0.05, 0.1) is 0 Å². The molecule has 110 valence electrons. The van der Waals surface area contributed by atoms with Gasteiger partial charge in [0.2, 0.25) is 0 Å². The predicted octanol–water partition coefficient (Wildman–Crippen LogP) is 4.59. The fourth-order valence-corrected chi connectivity index (χ4v) is 3.37. The van der Waals surface area contributed by atoms with Crippen LogP contribution in [0.5, 0.6) is 0 Å². The van der Waals surface area contributed by atoms with Crippen LogP contribution >= 0.6 is 0 Å². The maximum atomic E-state index is 3.88. The molecule has 0 amide bonds. The van der Waals surface area contributed by atoms with Crippen LogP contribution in [0, 0.1) is 6.92 Å². The van der Waals surface area contributed by atoms with Crippen LogP contribution in [-0.2, 0) is 12.8 Å². The van der Waals surface area contributed by atoms with Crippen LogP contribution in [0.3, 0.4) is 0 Å². The zero-order valence-corrected chi connectivity index (χ0v) is 13.1. The van der Waals surface area contributed by atoms with E-state index < -0.39 is 0 Å². The zero-order chi connectivity index (χ0) is 14.7. The number of fused-ring (bicyclic) bond motifs is 1. The summed E-state index contributed by atoms with van der Waals surface area (Å²) < 4.78 is 0. The van der Waals surface area contributed by atoms with Gasteiger partial charge < -0.3 is 5.32 Å². The van der Waals surface area contributed by atoms with E-state index in [1.165, 1.54) is 36.0 Å². The summed E-state index contributed by atoms with van der Waals surface area (Å²) in [5.41, 5.74) is 5.82. The first-order valence-electron chi connectivity index (χ1n) is 8.15. The first-order valence-corrected chi connectivity index (χ1v) is 8.15. The molecule has 1 aliphatic carbocycles. The van der Waals surface area contributed by atoms with Gasteiger partial charge in [-0.25, -0.2) is 0 Å². The summed E-state index contributed by atoms with van der Waals surface area (Å²) in [4.78, 5) is 0. The Morgan fingerprint density at radius 3 is 2.48 bits per heavy atom. The summed E-state index contributed by atoms with van der Waals surface area (Å²) in [5, 5.41) is 3.88. The van der Waals surface area contributed by atoms with Crippen LogP contribution in [-0.4, -0.2) is 6.04 Å². The number of nitrogens with one attached hydrogen (secondary N) is 1. The second-order valence-corrected chi connectivity index (χ2v) is 6.25. The van der Waals surface area contributed by atoms with E-state index >= 15 is 0 Å². The molecule has 0 radical (unpaired) electrons. The van der Waals surface area contributed by atoms with Crippen molar-refractivity contribution in [1.82, 2.24) is 5.32 Å². The Morgan fingerprint density at radius 1 is 1.05 bits per heavy atom. The Bertz CT molecular complexity index is 585. The van der Waals surface area contributed by atoms with Crippen molar-refractivity contribution in [2.24, 2.45) is 0 Å². The molecule has 1 aliphatic rings. The van der Waals surface area contributed by atoms with E-state index in [1.807, 2.05) is 0 Å². The van der Waals surface area contributed by atoms with E-state index in [9.17, 15) is 0 Å². The van der Waals surface area contributed by atoms with E-state index in [1.54, 1.807) is 5.56 Å². The molecular weight excluding hydrogens is 254 g/mol. The van der Waals surface area contributed by atoms with Crippen molar-refractivity contribution in [3.8, 4) is 0 Å². The number of rotatable bonds is 4. The first kappa shape index (κ1) is 14.3. The summed E-state index contributed by atoms with van der Waals surface area (Å²) in [6.45, 7) is 4.42. The van der Waals surface area contributed by atoms with Gasteiger partial charge in [0.1, 0.15) is 0 Å². The number of benzene rings is 2. The molecular formula is C20H25N. The molecule has 0 bridgehead atoms. The lowest BCUT2D eigenvalue weighted by molar-refractivity contribution is 0.392. The van der Waals surface area contributed by atoms with E-state index in [-0.39, 0.29) is 0 Å². The minimum Gasteiger partial charge on any atom is -0.307 e. The van der Waals surface area contributed by atoms with Gasteiger partial charge in [0, 0.05) is 12.1 Å². The molecule has 0 aliphatic heterocycles. The van der Waals surface area contributed by atoms with Crippen LogP contribution < -0.4 is 5.32 Å². The molecule has 1 heteroatoms. The van der Waals surface area contributed by atoms with Crippen LogP contribution in [0.15, 0.2) is 48.5 Å². The quantitative estimate of drug-likeness (QED) is 0.863. The maximum absolute atomic E-state index is 3.88. The molecule has 21 heavy (non-hydrogen) atoms. The fourth-order valence-electron chi connectivity index (χ4n) is 3.37. The van der Waals surface area contributed by atoms with Crippen molar-refractivity contribution in [3.05, 3.63) is 70.8 Å². The maximum Gasteiger partial charge on any atom is 0.0320 e. The van der Waals surface area contributed by atoms with E-state index in [2.05, 4.69) is 67.7 Å². The molecule has 2 aromatic rings. The second-order valence-electron chi connectivity index (χ2n) is 6.25. The fraction of sp³-hybridized carbons (Fsp3) is 0.400. The number of hydrogen-bond acceptors (Lipinski definition) is 1. The topological polar surface area (TPSA) is 12.0 Å². The van der Waals surface area contributed by atoms with Gasteiger partial charge in [-0.15, -0.1) is 0 Å². The Labute approximate surface area is 128 Å². The third-order valence-corrected chi connectivity index (χ3v) is 4.67. The Morgan fingerprint density at radius 2 is 1.76 bits per heavy atom. The summed E-state index contributed by atoms with van der Waals surface area (Å²) in [7, 11) is 0. The summed E-state index contributed by atoms with van der Waals surface area (Å²) in [6, 6.07) is 18.9. The minimum absolute atomic E-state index is 0.473. The van der Waals surface area contributed by atoms with Crippen molar-refractivity contribution >= 4 is 0 Å². The van der Waals surface area contributed by atoms with Gasteiger partial charge >= 0.3 is 0 Å². The molecule has 0 heterocycles. The average Bonchev–Trinajstić information content (AvgIpc) is 2.53. The number of aryl methyl sites for hydroxylation is 2. The van der Waals surface area contributed by atoms with Crippen molar-refractivity contribution in [1.29, 1.82) is 0 Å². The standard InChI is InChI=1S/C20H25N/c1-3-20(17-10-8-15(2)9-11-17)21-19-13-12-16-6-4-5-7-18(16)14-19/h4-11,19-21H,3,12-14H2,1-2H3. The summed E-state index contributed by atoms with van der Waals surface area (Å²) >= 11 is 0. The molecule has 2 aromatic carbocycles. The van der Waals surface area contributed by atoms with Crippen molar-refractivity contribution in [2.75, 3.05) is 0 Å². The van der Waals surface area contributed by atoms with Crippen LogP contribution in [0.2, 0.25) is 0 Å². The number of hydrogen-bond donors (Lipinski definition) is 1. The molecule has 1 nitrogen and oxygen atoms in total. The lowest BCUT2D eigenvalue weighted by atomic mass is 9.87. The molecule has 0 spiro atoms. The van der Waals surface area contributed by atoms with Gasteiger partial charge in [-0.2, -0.15) is 0 Å². The lowest BCUT2D eigenvalue weighted by Crippen LogP contribution is -2.37. The minimum atomic E-state index is 0.473. The summed E-state index contributed by atoms with van der Waals surface area (Å²) in [5.74, 6) is 0. The molecule has 0 fully saturated rings. The molecule has 2 unspecified atom stereocenters. The molecule has 2 atom stereocenters. The molecule has 0 saturated carbocycles. The highest BCUT2D eigenvalue weighted by Crippen LogP contribution is 2.24. The van der Waals surface area contributed by atoms with E-state index in [4.69, 9.17) is 0 Å². The average molecular weight is 279 g/mol. The largest absolute Gasteiger partial charge is 0.307 e. The highest BCUT2D eigenvalue weighted by Gasteiger charge is 2.21. The van der Waals surface area contributed by atoms with Gasteiger partial charge in [-0.3, -0.25) is 0 Å². The van der Waals surface area contributed by atoms with Gasteiger partial charge in [0.25, 0.3) is 0 Å². The molecule has 1 N–H and O–H groups in total. The smallest absolute Gasteiger partial charge is 0.0320 e. The second kappa shape index (κ2) is 6.44. The van der Waals surface area contributed by atoms with Crippen molar-refractivity contribution in [3.63, 3.8) is 0 Å². The summed E-state index contributed by atoms with van der Waals surface area (Å²) in [6.07, 6.45) is 4.76. The van der Waals surface area contributed by atoms with Crippen molar-refractivity contribution in [2.45, 2.75) is 51.6 Å². The zero-order valence-electron chi connectivity index (χ0n) is 13.1. The van der Waals surface area contributed by atoms with Gasteiger partial charge in [-0.1, -0.05) is 61.0 Å². The highest BCUT2D eigenvalue weighted by atomic mass is 14.9. The SMILES string of the molecule is CCC(NC1CCc2ccccc2C1)c1ccc(C)cc1. The van der Waals surface area contributed by atoms with E-state index in [0.717, 1.165) is 6.42 Å². The normalized spacial score (nSPS) is 19.0. The predicted molar refractivity (Wildman–Crippen MR) is 89.6 cm³/mol. The molecule has 0 aromatic heterocycles. The molecule has 0 saturated heterocycles. The van der Waals surface area contributed by atoms with Gasteiger partial charge in [0.15, 0.2) is 0 Å². The Kier molecular flexibility index (Phi) is 4.40. The van der Waals surface area contributed by atoms with Crippen LogP contribution in [0.4, 0.5) is 0 Å². The van der Waals surface area contributed by atoms with E-state index in [0.29, 0.717) is 12.1 Å². The third-order valence-electron chi connectivity index (χ3n) is 4.67. The highest BCUT2D eigenvalue weighted by molar-refractivity contribution is 5.31.